The van der Waals surface area contributed by atoms with Gasteiger partial charge in [-0.25, -0.2) is 9.78 Å². The Morgan fingerprint density at radius 3 is 2.79 bits per heavy atom. The predicted octanol–water partition coefficient (Wildman–Crippen LogP) is 3.95. The number of nitrogens with zero attached hydrogens (tertiary/aromatic N) is 1. The first-order chi connectivity index (χ1) is 13.5. The van der Waals surface area contributed by atoms with Crippen LogP contribution in [0.25, 0.3) is 10.6 Å². The fourth-order valence-electron chi connectivity index (χ4n) is 2.36. The number of methoxy groups -OCH3 is 1. The third kappa shape index (κ3) is 5.31. The maximum atomic E-state index is 12.1. The zero-order valence-corrected chi connectivity index (χ0v) is 16.5. The molecule has 0 unspecified atom stereocenters. The van der Waals surface area contributed by atoms with Crippen molar-refractivity contribution < 1.29 is 19.1 Å². The van der Waals surface area contributed by atoms with Crippen LogP contribution >= 0.6 is 22.9 Å². The molecule has 0 aliphatic rings. The molecule has 0 aliphatic heterocycles. The summed E-state index contributed by atoms with van der Waals surface area (Å²) in [5, 5.41) is 5.52. The summed E-state index contributed by atoms with van der Waals surface area (Å²) >= 11 is 7.28. The van der Waals surface area contributed by atoms with Crippen molar-refractivity contribution in [3.8, 4) is 16.3 Å². The third-order valence-electron chi connectivity index (χ3n) is 3.74. The first-order valence-electron chi connectivity index (χ1n) is 8.33. The average molecular weight is 417 g/mol. The van der Waals surface area contributed by atoms with E-state index in [1.54, 1.807) is 24.6 Å². The standard InChI is InChI=1S/C20H17ClN2O4S/c1-26-16-7-2-4-13(8-16)10-22-18(24)11-27-20(25)17-12-28-19(23-17)14-5-3-6-15(21)9-14/h2-9,12H,10-11H2,1H3,(H,22,24). The van der Waals surface area contributed by atoms with Gasteiger partial charge in [0.05, 0.1) is 7.11 Å². The van der Waals surface area contributed by atoms with Crippen molar-refractivity contribution in [1.29, 1.82) is 0 Å². The Balaban J connectivity index is 1.50. The molecule has 0 saturated heterocycles. The summed E-state index contributed by atoms with van der Waals surface area (Å²) in [6.45, 7) is -0.0734. The molecule has 1 N–H and O–H groups in total. The Hall–Kier alpha value is -2.90. The minimum Gasteiger partial charge on any atom is -0.497 e. The van der Waals surface area contributed by atoms with Gasteiger partial charge in [0.1, 0.15) is 10.8 Å². The molecule has 1 heterocycles. The van der Waals surface area contributed by atoms with E-state index in [0.717, 1.165) is 11.1 Å². The second kappa shape index (κ2) is 9.34. The van der Waals surface area contributed by atoms with E-state index in [9.17, 15) is 9.59 Å². The third-order valence-corrected chi connectivity index (χ3v) is 4.87. The Bertz CT molecular complexity index is 990. The number of nitrogens with one attached hydrogen (secondary N) is 1. The molecule has 0 fully saturated rings. The van der Waals surface area contributed by atoms with E-state index in [1.165, 1.54) is 11.3 Å². The van der Waals surface area contributed by atoms with Gasteiger partial charge in [-0.3, -0.25) is 4.79 Å². The van der Waals surface area contributed by atoms with Crippen LogP contribution in [-0.4, -0.2) is 30.6 Å². The molecule has 28 heavy (non-hydrogen) atoms. The highest BCUT2D eigenvalue weighted by Gasteiger charge is 2.15. The molecule has 0 spiro atoms. The van der Waals surface area contributed by atoms with E-state index < -0.39 is 11.9 Å². The van der Waals surface area contributed by atoms with E-state index in [2.05, 4.69) is 10.3 Å². The first-order valence-corrected chi connectivity index (χ1v) is 9.59. The van der Waals surface area contributed by atoms with Gasteiger partial charge in [0.2, 0.25) is 0 Å². The van der Waals surface area contributed by atoms with Crippen LogP contribution in [0, 0.1) is 0 Å². The molecule has 0 aliphatic carbocycles. The minimum atomic E-state index is -0.652. The molecule has 3 rings (SSSR count). The quantitative estimate of drug-likeness (QED) is 0.590. The van der Waals surface area contributed by atoms with Crippen LogP contribution in [-0.2, 0) is 16.1 Å². The van der Waals surface area contributed by atoms with E-state index >= 15 is 0 Å². The van der Waals surface area contributed by atoms with Gasteiger partial charge in [-0.1, -0.05) is 35.9 Å². The number of amides is 1. The van der Waals surface area contributed by atoms with Gasteiger partial charge >= 0.3 is 5.97 Å². The Morgan fingerprint density at radius 1 is 1.18 bits per heavy atom. The lowest BCUT2D eigenvalue weighted by molar-refractivity contribution is -0.124. The molecular formula is C20H17ClN2O4S. The number of esters is 1. The highest BCUT2D eigenvalue weighted by molar-refractivity contribution is 7.13. The van der Waals surface area contributed by atoms with Crippen molar-refractivity contribution in [3.05, 3.63) is 70.2 Å². The molecule has 0 radical (unpaired) electrons. The molecule has 2 aromatic carbocycles. The number of aromatic nitrogens is 1. The first kappa shape index (κ1) is 19.9. The number of hydrogen-bond acceptors (Lipinski definition) is 6. The summed E-state index contributed by atoms with van der Waals surface area (Å²) in [4.78, 5) is 28.3. The Labute approximate surface area is 171 Å². The second-order valence-electron chi connectivity index (χ2n) is 5.75. The molecule has 6 nitrogen and oxygen atoms in total. The smallest absolute Gasteiger partial charge is 0.358 e. The van der Waals surface area contributed by atoms with Gasteiger partial charge in [0.15, 0.2) is 12.3 Å². The highest BCUT2D eigenvalue weighted by atomic mass is 35.5. The summed E-state index contributed by atoms with van der Waals surface area (Å²) in [5.74, 6) is -0.347. The van der Waals surface area contributed by atoms with Crippen molar-refractivity contribution in [3.63, 3.8) is 0 Å². The zero-order valence-electron chi connectivity index (χ0n) is 15.0. The van der Waals surface area contributed by atoms with Crippen LogP contribution in [0.2, 0.25) is 5.02 Å². The molecule has 0 bridgehead atoms. The van der Waals surface area contributed by atoms with Crippen molar-refractivity contribution in [1.82, 2.24) is 10.3 Å². The van der Waals surface area contributed by atoms with Crippen molar-refractivity contribution >= 4 is 34.8 Å². The predicted molar refractivity (Wildman–Crippen MR) is 108 cm³/mol. The molecule has 1 aromatic heterocycles. The number of carbonyl (C=O) groups excluding carboxylic acids is 2. The van der Waals surface area contributed by atoms with E-state index in [4.69, 9.17) is 21.1 Å². The fourth-order valence-corrected chi connectivity index (χ4v) is 3.34. The van der Waals surface area contributed by atoms with Crippen molar-refractivity contribution in [2.75, 3.05) is 13.7 Å². The Morgan fingerprint density at radius 2 is 2.00 bits per heavy atom. The molecule has 8 heteroatoms. The van der Waals surface area contributed by atoms with Crippen molar-refractivity contribution in [2.45, 2.75) is 6.54 Å². The number of benzene rings is 2. The molecule has 0 saturated carbocycles. The maximum absolute atomic E-state index is 12.1. The molecule has 0 atom stereocenters. The number of thiazole rings is 1. The van der Waals surface area contributed by atoms with Gasteiger partial charge < -0.3 is 14.8 Å². The van der Waals surface area contributed by atoms with Crippen LogP contribution < -0.4 is 10.1 Å². The van der Waals surface area contributed by atoms with Gasteiger partial charge in [0, 0.05) is 22.5 Å². The molecule has 144 valence electrons. The normalized spacial score (nSPS) is 10.4. The molecular weight excluding hydrogens is 400 g/mol. The van der Waals surface area contributed by atoms with Crippen molar-refractivity contribution in [2.24, 2.45) is 0 Å². The van der Waals surface area contributed by atoms with Crippen LogP contribution in [0.1, 0.15) is 16.1 Å². The summed E-state index contributed by atoms with van der Waals surface area (Å²) in [7, 11) is 1.58. The fraction of sp³-hybridized carbons (Fsp3) is 0.150. The summed E-state index contributed by atoms with van der Waals surface area (Å²) in [6, 6.07) is 14.5. The van der Waals surface area contributed by atoms with Gasteiger partial charge in [-0.15, -0.1) is 11.3 Å². The second-order valence-corrected chi connectivity index (χ2v) is 7.05. The number of ether oxygens (including phenoxy) is 2. The lowest BCUT2D eigenvalue weighted by Gasteiger charge is -2.07. The summed E-state index contributed by atoms with van der Waals surface area (Å²) in [6.07, 6.45) is 0. The van der Waals surface area contributed by atoms with E-state index in [-0.39, 0.29) is 12.3 Å². The number of hydrogen-bond donors (Lipinski definition) is 1. The van der Waals surface area contributed by atoms with E-state index in [0.29, 0.717) is 22.3 Å². The molecule has 3 aromatic rings. The van der Waals surface area contributed by atoms with Gasteiger partial charge in [-0.2, -0.15) is 0 Å². The lowest BCUT2D eigenvalue weighted by Crippen LogP contribution is -2.28. The number of halogens is 1. The molecule has 1 amide bonds. The number of carbonyl (C=O) groups is 2. The van der Waals surface area contributed by atoms with Crippen LogP contribution in [0.15, 0.2) is 53.9 Å². The van der Waals surface area contributed by atoms with Crippen LogP contribution in [0.3, 0.4) is 0 Å². The zero-order chi connectivity index (χ0) is 19.9. The summed E-state index contributed by atoms with van der Waals surface area (Å²) < 4.78 is 10.2. The van der Waals surface area contributed by atoms with Gasteiger partial charge in [-0.05, 0) is 29.8 Å². The van der Waals surface area contributed by atoms with Crippen LogP contribution in [0.4, 0.5) is 0 Å². The SMILES string of the molecule is COc1cccc(CNC(=O)COC(=O)c2csc(-c3cccc(Cl)c3)n2)c1. The number of rotatable bonds is 7. The highest BCUT2D eigenvalue weighted by Crippen LogP contribution is 2.26. The monoisotopic (exact) mass is 416 g/mol. The lowest BCUT2D eigenvalue weighted by atomic mass is 10.2. The Kier molecular flexibility index (Phi) is 6.62. The largest absolute Gasteiger partial charge is 0.497 e. The average Bonchev–Trinajstić information content (AvgIpc) is 3.21. The topological polar surface area (TPSA) is 77.5 Å². The minimum absolute atomic E-state index is 0.153. The maximum Gasteiger partial charge on any atom is 0.358 e. The van der Waals surface area contributed by atoms with Crippen LogP contribution in [0.5, 0.6) is 5.75 Å². The van der Waals surface area contributed by atoms with Gasteiger partial charge in [0.25, 0.3) is 5.91 Å². The summed E-state index contributed by atoms with van der Waals surface area (Å²) in [5.41, 5.74) is 1.85. The van der Waals surface area contributed by atoms with E-state index in [1.807, 2.05) is 36.4 Å².